The second kappa shape index (κ2) is 12.2. The van der Waals surface area contributed by atoms with Crippen LogP contribution in [0.3, 0.4) is 0 Å². The molecule has 1 fully saturated rings. The van der Waals surface area contributed by atoms with Crippen LogP contribution in [0.1, 0.15) is 88.2 Å². The van der Waals surface area contributed by atoms with Gasteiger partial charge in [0.25, 0.3) is 0 Å². The highest BCUT2D eigenvalue weighted by Crippen LogP contribution is 2.40. The molecule has 0 aromatic heterocycles. The average molecular weight is 505 g/mol. The summed E-state index contributed by atoms with van der Waals surface area (Å²) in [5.41, 5.74) is 0.505. The van der Waals surface area contributed by atoms with E-state index in [0.717, 1.165) is 44.4 Å². The summed E-state index contributed by atoms with van der Waals surface area (Å²) >= 11 is 0. The van der Waals surface area contributed by atoms with Crippen molar-refractivity contribution in [1.82, 2.24) is 0 Å². The van der Waals surface area contributed by atoms with Gasteiger partial charge in [-0.15, -0.1) is 0 Å². The monoisotopic (exact) mass is 504 g/mol. The van der Waals surface area contributed by atoms with E-state index in [2.05, 4.69) is 6.92 Å². The summed E-state index contributed by atoms with van der Waals surface area (Å²) in [5.74, 6) is -3.47. The van der Waals surface area contributed by atoms with Crippen LogP contribution in [0, 0.1) is 35.1 Å². The fourth-order valence-electron chi connectivity index (χ4n) is 5.26. The van der Waals surface area contributed by atoms with Crippen molar-refractivity contribution in [2.45, 2.75) is 77.0 Å². The van der Waals surface area contributed by atoms with E-state index in [4.69, 9.17) is 9.47 Å². The number of hydrogen-bond donors (Lipinski definition) is 0. The summed E-state index contributed by atoms with van der Waals surface area (Å²) in [4.78, 5) is 0. The first-order valence-corrected chi connectivity index (χ1v) is 13.3. The molecule has 6 heteroatoms. The van der Waals surface area contributed by atoms with Crippen LogP contribution in [0.5, 0.6) is 11.5 Å². The minimum absolute atomic E-state index is 0.0497. The van der Waals surface area contributed by atoms with Crippen molar-refractivity contribution in [2.75, 3.05) is 13.2 Å². The summed E-state index contributed by atoms with van der Waals surface area (Å²) in [6.07, 6.45) is 10.6. The van der Waals surface area contributed by atoms with E-state index < -0.39 is 23.3 Å². The van der Waals surface area contributed by atoms with Crippen molar-refractivity contribution in [1.29, 1.82) is 0 Å². The van der Waals surface area contributed by atoms with Crippen molar-refractivity contribution in [3.63, 3.8) is 0 Å². The Bertz CT molecular complexity index is 1060. The van der Waals surface area contributed by atoms with Gasteiger partial charge in [-0.3, -0.25) is 0 Å². The molecule has 0 saturated heterocycles. The lowest BCUT2D eigenvalue weighted by Crippen LogP contribution is -2.19. The maximum Gasteiger partial charge on any atom is 0.200 e. The minimum Gasteiger partial charge on any atom is -0.490 e. The predicted octanol–water partition coefficient (Wildman–Crippen LogP) is 8.84. The lowest BCUT2D eigenvalue weighted by molar-refractivity contribution is 0.181. The Hall–Kier alpha value is -2.50. The van der Waals surface area contributed by atoms with Crippen molar-refractivity contribution >= 4 is 0 Å². The Morgan fingerprint density at radius 2 is 1.22 bits per heavy atom. The number of benzene rings is 2. The summed E-state index contributed by atoms with van der Waals surface area (Å²) < 4.78 is 70.0. The highest BCUT2D eigenvalue weighted by atomic mass is 19.2. The molecule has 0 heterocycles. The Morgan fingerprint density at radius 3 is 1.72 bits per heavy atom. The molecule has 2 aromatic carbocycles. The largest absolute Gasteiger partial charge is 0.490 e. The van der Waals surface area contributed by atoms with E-state index in [9.17, 15) is 17.6 Å². The molecule has 0 amide bonds. The Balaban J connectivity index is 1.40. The molecule has 2 aliphatic rings. The van der Waals surface area contributed by atoms with Crippen molar-refractivity contribution in [2.24, 2.45) is 11.8 Å². The van der Waals surface area contributed by atoms with E-state index in [0.29, 0.717) is 32.0 Å². The smallest absolute Gasteiger partial charge is 0.200 e. The first-order valence-electron chi connectivity index (χ1n) is 13.3. The third-order valence-corrected chi connectivity index (χ3v) is 7.68. The van der Waals surface area contributed by atoms with Gasteiger partial charge < -0.3 is 9.47 Å². The molecule has 0 radical (unpaired) electrons. The Morgan fingerprint density at radius 1 is 0.694 bits per heavy atom. The molecule has 0 aliphatic heterocycles. The molecule has 4 rings (SSSR count). The molecule has 2 nitrogen and oxygen atoms in total. The van der Waals surface area contributed by atoms with Gasteiger partial charge in [0.05, 0.1) is 13.2 Å². The Kier molecular flexibility index (Phi) is 8.97. The van der Waals surface area contributed by atoms with Crippen LogP contribution >= 0.6 is 0 Å². The molecule has 2 aromatic rings. The van der Waals surface area contributed by atoms with Gasteiger partial charge in [-0.25, -0.2) is 8.78 Å². The van der Waals surface area contributed by atoms with Crippen molar-refractivity contribution < 1.29 is 27.0 Å². The third kappa shape index (κ3) is 6.07. The highest BCUT2D eigenvalue weighted by molar-refractivity contribution is 5.39. The number of ether oxygens (including phenoxy) is 2. The minimum atomic E-state index is -0.981. The highest BCUT2D eigenvalue weighted by Gasteiger charge is 2.27. The molecule has 2 unspecified atom stereocenters. The fourth-order valence-corrected chi connectivity index (χ4v) is 5.26. The van der Waals surface area contributed by atoms with Crippen LogP contribution in [0.25, 0.3) is 0 Å². The normalized spacial score (nSPS) is 24.1. The van der Waals surface area contributed by atoms with Crippen molar-refractivity contribution in [3.8, 4) is 11.5 Å². The van der Waals surface area contributed by atoms with Crippen LogP contribution in [-0.4, -0.2) is 13.2 Å². The molecular weight excluding hydrogens is 468 g/mol. The lowest BCUT2D eigenvalue weighted by Gasteiger charge is -2.26. The number of allylic oxidation sites excluding steroid dienone is 2. The van der Waals surface area contributed by atoms with Crippen LogP contribution in [0.4, 0.5) is 17.6 Å². The molecule has 0 bridgehead atoms. The summed E-state index contributed by atoms with van der Waals surface area (Å²) in [6.45, 7) is 4.97. The number of hydrogen-bond acceptors (Lipinski definition) is 2. The van der Waals surface area contributed by atoms with Crippen LogP contribution < -0.4 is 9.47 Å². The number of unbranched alkanes of at least 4 members (excludes halogenated alkanes) is 1. The topological polar surface area (TPSA) is 18.5 Å². The van der Waals surface area contributed by atoms with Gasteiger partial charge in [0.2, 0.25) is 11.6 Å². The molecule has 196 valence electrons. The van der Waals surface area contributed by atoms with Crippen LogP contribution in [0.2, 0.25) is 0 Å². The zero-order valence-corrected chi connectivity index (χ0v) is 21.2. The zero-order valence-electron chi connectivity index (χ0n) is 21.2. The number of halogens is 4. The van der Waals surface area contributed by atoms with E-state index in [1.165, 1.54) is 12.1 Å². The average Bonchev–Trinajstić information content (AvgIpc) is 2.89. The van der Waals surface area contributed by atoms with E-state index in [1.807, 2.05) is 6.92 Å². The predicted molar refractivity (Wildman–Crippen MR) is 134 cm³/mol. The van der Waals surface area contributed by atoms with Gasteiger partial charge in [-0.05, 0) is 67.2 Å². The Labute approximate surface area is 211 Å². The second-order valence-corrected chi connectivity index (χ2v) is 10.4. The quantitative estimate of drug-likeness (QED) is 0.193. The maximum atomic E-state index is 15.0. The summed E-state index contributed by atoms with van der Waals surface area (Å²) in [6, 6.07) is 6.10. The van der Waals surface area contributed by atoms with Gasteiger partial charge in [0.1, 0.15) is 0 Å². The molecule has 1 saturated carbocycles. The molecule has 36 heavy (non-hydrogen) atoms. The van der Waals surface area contributed by atoms with Crippen molar-refractivity contribution in [3.05, 3.63) is 70.8 Å². The molecule has 2 atom stereocenters. The second-order valence-electron chi connectivity index (χ2n) is 10.4. The first-order chi connectivity index (χ1) is 17.4. The number of rotatable bonds is 9. The van der Waals surface area contributed by atoms with Crippen LogP contribution in [0.15, 0.2) is 36.4 Å². The third-order valence-electron chi connectivity index (χ3n) is 7.68. The van der Waals surface area contributed by atoms with Gasteiger partial charge in [-0.1, -0.05) is 57.4 Å². The zero-order chi connectivity index (χ0) is 25.7. The standard InChI is InChI=1S/C30H36F4O2/c1-3-4-17-35-25-15-13-23(27(31)29(25)33)21-9-11-22(12-10-21)24-14-16-26(30(34)28(24)32)36-18-20-7-5-19(2)6-8-20/h9,11,13-16,19-22H,3-8,10,12,17-18H2,1-2H3. The SMILES string of the molecule is CCCCOc1ccc(C2C=CC(c3ccc(OCC4CCC(C)CC4)c(F)c3F)CC2)c(F)c1F. The van der Waals surface area contributed by atoms with E-state index in [-0.39, 0.29) is 34.5 Å². The fraction of sp³-hybridized carbons (Fsp3) is 0.533. The summed E-state index contributed by atoms with van der Waals surface area (Å²) in [7, 11) is 0. The van der Waals surface area contributed by atoms with E-state index in [1.54, 1.807) is 24.3 Å². The maximum absolute atomic E-state index is 15.0. The lowest BCUT2D eigenvalue weighted by atomic mass is 9.81. The molecular formula is C30H36F4O2. The first kappa shape index (κ1) is 26.6. The summed E-state index contributed by atoms with van der Waals surface area (Å²) in [5, 5.41) is 0. The molecule has 2 aliphatic carbocycles. The molecule has 0 N–H and O–H groups in total. The van der Waals surface area contributed by atoms with E-state index >= 15 is 0 Å². The van der Waals surface area contributed by atoms with Gasteiger partial charge in [0.15, 0.2) is 23.1 Å². The van der Waals surface area contributed by atoms with Crippen LogP contribution in [-0.2, 0) is 0 Å². The van der Waals surface area contributed by atoms with Gasteiger partial charge in [-0.2, -0.15) is 8.78 Å². The van der Waals surface area contributed by atoms with Gasteiger partial charge in [0, 0.05) is 11.8 Å². The molecule has 0 spiro atoms. The van der Waals surface area contributed by atoms with Gasteiger partial charge >= 0.3 is 0 Å².